The molecule has 4 heterocycles. The molecule has 9 rings (SSSR count). The van der Waals surface area contributed by atoms with Crippen LogP contribution in [0.3, 0.4) is 0 Å². The zero-order valence-corrected chi connectivity index (χ0v) is 33.9. The number of carbonyl (C=O) groups excluding carboxylic acids is 3. The summed E-state index contributed by atoms with van der Waals surface area (Å²) in [6, 6.07) is 14.6. The fourth-order valence-corrected chi connectivity index (χ4v) is 10.2. The molecule has 0 spiro atoms. The standard InChI is InChI=1S/C44H55N3O14/c1-46(29(39(53)45-16-17-48)20-25-7-3-2-4-8-25)42(55)43-21-30-35-36(60-44(59-35,27-12-13-27)28-14-15-28)38(43)61-47(37(43)40(54)57-30)22-26-10-5-9-24(19-26)11-6-18-56-41-34(52)33(51)32(50)31(23-49)58-41/h2-11,19,27-38,41,48-52H,12-18,20-23H2,1H3,(H,45,53)/t29-,30-,31-,32+,33+,34-,35+,36+,37+,38-,41+,43+/m1/s1. The molecule has 17 nitrogen and oxygen atoms in total. The van der Waals surface area contributed by atoms with Gasteiger partial charge in [-0.15, -0.1) is 0 Å². The van der Waals surface area contributed by atoms with E-state index in [1.807, 2.05) is 54.6 Å². The molecule has 2 amide bonds. The van der Waals surface area contributed by atoms with E-state index in [1.165, 1.54) is 9.96 Å². The van der Waals surface area contributed by atoms with E-state index < -0.39 is 103 Å². The molecule has 61 heavy (non-hydrogen) atoms. The molecule has 12 atom stereocenters. The van der Waals surface area contributed by atoms with Gasteiger partial charge in [-0.1, -0.05) is 66.7 Å². The van der Waals surface area contributed by atoms with Crippen LogP contribution in [0.15, 0.2) is 60.7 Å². The van der Waals surface area contributed by atoms with E-state index in [2.05, 4.69) is 5.32 Å². The summed E-state index contributed by atoms with van der Waals surface area (Å²) in [6.45, 7) is -0.785. The molecule has 2 bridgehead atoms. The second-order valence-electron chi connectivity index (χ2n) is 17.5. The summed E-state index contributed by atoms with van der Waals surface area (Å²) in [4.78, 5) is 52.0. The maximum Gasteiger partial charge on any atom is 0.327 e. The van der Waals surface area contributed by atoms with Crippen LogP contribution in [0, 0.1) is 17.3 Å². The molecule has 3 saturated carbocycles. The minimum absolute atomic E-state index is 0.00666. The summed E-state index contributed by atoms with van der Waals surface area (Å²) in [5.74, 6) is -1.94. The number of esters is 1. The van der Waals surface area contributed by atoms with Gasteiger partial charge in [0.15, 0.2) is 18.1 Å². The molecule has 7 aliphatic rings. The van der Waals surface area contributed by atoms with E-state index in [0.717, 1.165) is 42.4 Å². The van der Waals surface area contributed by atoms with Crippen molar-refractivity contribution in [1.82, 2.24) is 15.3 Å². The Morgan fingerprint density at radius 2 is 1.69 bits per heavy atom. The summed E-state index contributed by atoms with van der Waals surface area (Å²) in [6.07, 6.45) is -2.44. The molecule has 17 heteroatoms. The van der Waals surface area contributed by atoms with Crippen LogP contribution in [-0.4, -0.2) is 160 Å². The van der Waals surface area contributed by atoms with Crippen LogP contribution < -0.4 is 5.32 Å². The lowest BCUT2D eigenvalue weighted by Gasteiger charge is -2.50. The van der Waals surface area contributed by atoms with Crippen molar-refractivity contribution in [1.29, 1.82) is 0 Å². The summed E-state index contributed by atoms with van der Waals surface area (Å²) >= 11 is 0. The van der Waals surface area contributed by atoms with Gasteiger partial charge < -0.3 is 59.4 Å². The molecule has 4 aliphatic heterocycles. The van der Waals surface area contributed by atoms with Gasteiger partial charge in [-0.25, -0.2) is 0 Å². The molecule has 2 aromatic carbocycles. The zero-order chi connectivity index (χ0) is 42.6. The first-order chi connectivity index (χ1) is 29.5. The van der Waals surface area contributed by atoms with Gasteiger partial charge in [0.1, 0.15) is 60.3 Å². The predicted molar refractivity (Wildman–Crippen MR) is 211 cm³/mol. The van der Waals surface area contributed by atoms with Gasteiger partial charge in [0.05, 0.1) is 26.4 Å². The molecule has 4 saturated heterocycles. The Morgan fingerprint density at radius 3 is 2.39 bits per heavy atom. The minimum atomic E-state index is -1.56. The summed E-state index contributed by atoms with van der Waals surface area (Å²) < 4.78 is 31.2. The maximum atomic E-state index is 15.5. The van der Waals surface area contributed by atoms with Gasteiger partial charge in [-0.2, -0.15) is 5.06 Å². The normalized spacial score (nSPS) is 35.7. The fraction of sp³-hybridized carbons (Fsp3) is 0.614. The second kappa shape index (κ2) is 17.0. The van der Waals surface area contributed by atoms with Crippen LogP contribution in [0.1, 0.15) is 48.8 Å². The summed E-state index contributed by atoms with van der Waals surface area (Å²) in [7, 11) is 1.58. The third-order valence-electron chi connectivity index (χ3n) is 13.5. The number of nitrogens with zero attached hydrogens (tertiary/aromatic N) is 2. The highest BCUT2D eigenvalue weighted by Crippen LogP contribution is 2.64. The lowest BCUT2D eigenvalue weighted by atomic mass is 9.62. The number of hydrogen-bond donors (Lipinski definition) is 6. The largest absolute Gasteiger partial charge is 0.458 e. The van der Waals surface area contributed by atoms with Crippen molar-refractivity contribution < 1.29 is 68.4 Å². The Hall–Kier alpha value is -3.85. The molecule has 0 radical (unpaired) electrons. The molecule has 7 fully saturated rings. The van der Waals surface area contributed by atoms with Crippen LogP contribution in [-0.2, 0) is 55.9 Å². The quantitative estimate of drug-likeness (QED) is 0.120. The number of rotatable bonds is 16. The Labute approximate surface area is 353 Å². The van der Waals surface area contributed by atoms with E-state index in [1.54, 1.807) is 19.2 Å². The number of aliphatic hydroxyl groups is 5. The number of amides is 2. The molecule has 3 aliphatic carbocycles. The highest BCUT2D eigenvalue weighted by molar-refractivity contribution is 5.96. The molecule has 2 aromatic rings. The Balaban J connectivity index is 0.993. The van der Waals surface area contributed by atoms with Crippen molar-refractivity contribution >= 4 is 23.9 Å². The van der Waals surface area contributed by atoms with Crippen molar-refractivity contribution in [3.05, 3.63) is 77.4 Å². The molecule has 330 valence electrons. The molecule has 0 aromatic heterocycles. The van der Waals surface area contributed by atoms with Crippen LogP contribution in [0.4, 0.5) is 0 Å². The van der Waals surface area contributed by atoms with Gasteiger partial charge in [-0.05, 0) is 42.4 Å². The number of ether oxygens (including phenoxy) is 5. The minimum Gasteiger partial charge on any atom is -0.458 e. The summed E-state index contributed by atoms with van der Waals surface area (Å²) in [5, 5.41) is 53.8. The van der Waals surface area contributed by atoms with E-state index in [0.29, 0.717) is 0 Å². The van der Waals surface area contributed by atoms with Crippen molar-refractivity contribution in [2.24, 2.45) is 17.3 Å². The average Bonchev–Trinajstić information content (AvgIpc) is 4.22. The fourth-order valence-electron chi connectivity index (χ4n) is 10.2. The highest BCUT2D eigenvalue weighted by atomic mass is 16.8. The Kier molecular flexibility index (Phi) is 11.8. The molecule has 6 N–H and O–H groups in total. The van der Waals surface area contributed by atoms with Gasteiger partial charge in [-0.3, -0.25) is 19.2 Å². The van der Waals surface area contributed by atoms with Gasteiger partial charge in [0.2, 0.25) is 11.8 Å². The monoisotopic (exact) mass is 849 g/mol. The highest BCUT2D eigenvalue weighted by Gasteiger charge is 2.78. The van der Waals surface area contributed by atoms with Crippen molar-refractivity contribution in [2.45, 2.75) is 118 Å². The van der Waals surface area contributed by atoms with E-state index in [4.69, 9.17) is 28.5 Å². The number of nitrogens with one attached hydrogen (secondary N) is 1. The number of likely N-dealkylation sites (N-methyl/N-ethyl adjacent to an activating group) is 1. The topological polar surface area (TPSA) is 226 Å². The Bertz CT molecular complexity index is 1950. The first-order valence-electron chi connectivity index (χ1n) is 21.4. The molecular weight excluding hydrogens is 794 g/mol. The third kappa shape index (κ3) is 7.71. The maximum absolute atomic E-state index is 15.5. The number of aliphatic hydroxyl groups excluding tert-OH is 5. The Morgan fingerprint density at radius 1 is 0.967 bits per heavy atom. The van der Waals surface area contributed by atoms with Crippen LogP contribution in [0.2, 0.25) is 0 Å². The SMILES string of the molecule is CN(C(=O)[C@@]12C[C@H]3OC(=O)[C@@H]1N(Cc1cccc(C=CCO[C@H]4O[C@H](CO)[C@H](O)[C@H](O)[C@H]4O)c1)O[C@@H]2[C@H]1OC(C2CC2)(C2CC2)O[C@H]13)[C@H](Cc1ccccc1)C(=O)NCCO. The van der Waals surface area contributed by atoms with E-state index in [-0.39, 0.29) is 51.0 Å². The third-order valence-corrected chi connectivity index (χ3v) is 13.5. The number of hydrogen-bond acceptors (Lipinski definition) is 15. The van der Waals surface area contributed by atoms with Gasteiger partial charge >= 0.3 is 5.97 Å². The zero-order valence-electron chi connectivity index (χ0n) is 33.9. The smallest absolute Gasteiger partial charge is 0.327 e. The number of fused-ring (bicyclic) bond motifs is 4. The predicted octanol–water partition coefficient (Wildman–Crippen LogP) is -0.205. The van der Waals surface area contributed by atoms with Crippen LogP contribution in [0.25, 0.3) is 6.08 Å². The van der Waals surface area contributed by atoms with E-state index >= 15 is 4.79 Å². The molecular formula is C44H55N3O14. The first-order valence-corrected chi connectivity index (χ1v) is 21.4. The number of benzene rings is 2. The number of carbonyl (C=O) groups is 3. The number of hydroxylamine groups is 2. The second-order valence-corrected chi connectivity index (χ2v) is 17.5. The molecule has 0 unspecified atom stereocenters. The van der Waals surface area contributed by atoms with Crippen molar-refractivity contribution in [2.75, 3.05) is 33.4 Å². The van der Waals surface area contributed by atoms with E-state index in [9.17, 15) is 35.1 Å². The first kappa shape index (κ1) is 42.5. The lowest BCUT2D eigenvalue weighted by Crippen LogP contribution is -2.70. The summed E-state index contributed by atoms with van der Waals surface area (Å²) in [5.41, 5.74) is 0.827. The lowest BCUT2D eigenvalue weighted by molar-refractivity contribution is -0.298. The average molecular weight is 850 g/mol. The van der Waals surface area contributed by atoms with Crippen molar-refractivity contribution in [3.63, 3.8) is 0 Å². The van der Waals surface area contributed by atoms with Crippen LogP contribution >= 0.6 is 0 Å². The van der Waals surface area contributed by atoms with Crippen molar-refractivity contribution in [3.8, 4) is 0 Å². The van der Waals surface area contributed by atoms with Crippen LogP contribution in [0.5, 0.6) is 0 Å². The van der Waals surface area contributed by atoms with Gasteiger partial charge in [0.25, 0.3) is 0 Å². The van der Waals surface area contributed by atoms with Gasteiger partial charge in [0, 0.05) is 38.3 Å².